The molecular weight excluding hydrogens is 234 g/mol. The van der Waals surface area contributed by atoms with Crippen LogP contribution in [-0.4, -0.2) is 17.6 Å². The van der Waals surface area contributed by atoms with Gasteiger partial charge in [-0.1, -0.05) is 18.2 Å². The fraction of sp³-hybridized carbons (Fsp3) is 0.167. The zero-order valence-electron chi connectivity index (χ0n) is 9.22. The number of benzene rings is 1. The summed E-state index contributed by atoms with van der Waals surface area (Å²) in [5.74, 6) is 0. The van der Waals surface area contributed by atoms with E-state index in [4.69, 9.17) is 0 Å². The van der Waals surface area contributed by atoms with Crippen LogP contribution < -0.4 is 10.6 Å². The molecule has 0 bridgehead atoms. The number of aromatic nitrogens is 1. The Morgan fingerprint density at radius 3 is 2.82 bits per heavy atom. The molecule has 0 atom stereocenters. The summed E-state index contributed by atoms with van der Waals surface area (Å²) in [6, 6.07) is 9.18. The highest BCUT2D eigenvalue weighted by molar-refractivity contribution is 7.09. The van der Waals surface area contributed by atoms with Crippen LogP contribution in [0.15, 0.2) is 41.9 Å². The van der Waals surface area contributed by atoms with Gasteiger partial charge in [-0.2, -0.15) is 0 Å². The van der Waals surface area contributed by atoms with Gasteiger partial charge in [0, 0.05) is 30.2 Å². The highest BCUT2D eigenvalue weighted by Crippen LogP contribution is 2.05. The van der Waals surface area contributed by atoms with Crippen molar-refractivity contribution in [3.8, 4) is 0 Å². The Bertz CT molecular complexity index is 456. The molecule has 0 spiro atoms. The lowest BCUT2D eigenvalue weighted by molar-refractivity contribution is 0.252. The molecule has 17 heavy (non-hydrogen) atoms. The summed E-state index contributed by atoms with van der Waals surface area (Å²) in [6.07, 6.45) is 2.53. The van der Waals surface area contributed by atoms with Crippen molar-refractivity contribution in [2.24, 2.45) is 0 Å². The number of carbonyl (C=O) groups is 1. The van der Waals surface area contributed by atoms with Crippen LogP contribution in [0.4, 0.5) is 10.5 Å². The number of nitrogens with zero attached hydrogens (tertiary/aromatic N) is 1. The van der Waals surface area contributed by atoms with Crippen molar-refractivity contribution < 1.29 is 4.79 Å². The lowest BCUT2D eigenvalue weighted by Crippen LogP contribution is -2.30. The van der Waals surface area contributed by atoms with Gasteiger partial charge in [0.05, 0.1) is 5.01 Å². The predicted molar refractivity (Wildman–Crippen MR) is 69.3 cm³/mol. The number of anilines is 1. The zero-order valence-corrected chi connectivity index (χ0v) is 10.0. The van der Waals surface area contributed by atoms with Gasteiger partial charge in [-0.25, -0.2) is 9.78 Å². The number of amides is 2. The van der Waals surface area contributed by atoms with Crippen molar-refractivity contribution in [1.82, 2.24) is 10.3 Å². The van der Waals surface area contributed by atoms with Crippen molar-refractivity contribution in [3.05, 3.63) is 46.9 Å². The van der Waals surface area contributed by atoms with Crippen molar-refractivity contribution in [2.75, 3.05) is 11.9 Å². The Hall–Kier alpha value is -1.88. The molecule has 5 heteroatoms. The molecule has 0 saturated carbocycles. The minimum absolute atomic E-state index is 0.187. The van der Waals surface area contributed by atoms with Crippen LogP contribution in [0.1, 0.15) is 5.01 Å². The number of rotatable bonds is 4. The third kappa shape index (κ3) is 3.88. The molecule has 2 aromatic rings. The van der Waals surface area contributed by atoms with E-state index in [1.807, 2.05) is 35.7 Å². The number of urea groups is 1. The molecule has 0 saturated heterocycles. The fourth-order valence-corrected chi connectivity index (χ4v) is 1.98. The Morgan fingerprint density at radius 2 is 2.12 bits per heavy atom. The smallest absolute Gasteiger partial charge is 0.319 e. The normalized spacial score (nSPS) is 9.88. The van der Waals surface area contributed by atoms with Crippen molar-refractivity contribution in [2.45, 2.75) is 6.42 Å². The third-order valence-corrected chi connectivity index (χ3v) is 2.98. The second-order valence-corrected chi connectivity index (χ2v) is 4.40. The topological polar surface area (TPSA) is 54.0 Å². The van der Waals surface area contributed by atoms with E-state index in [0.29, 0.717) is 6.54 Å². The monoisotopic (exact) mass is 247 g/mol. The summed E-state index contributed by atoms with van der Waals surface area (Å²) in [7, 11) is 0. The van der Waals surface area contributed by atoms with Gasteiger partial charge in [-0.15, -0.1) is 11.3 Å². The molecule has 0 aliphatic rings. The number of hydrogen-bond donors (Lipinski definition) is 2. The minimum atomic E-state index is -0.187. The van der Waals surface area contributed by atoms with Crippen LogP contribution in [0, 0.1) is 0 Å². The third-order valence-electron chi connectivity index (χ3n) is 2.14. The first kappa shape index (κ1) is 11.6. The molecule has 2 amide bonds. The molecule has 2 N–H and O–H groups in total. The number of thiazole rings is 1. The number of hydrogen-bond acceptors (Lipinski definition) is 3. The maximum atomic E-state index is 11.5. The van der Waals surface area contributed by atoms with Gasteiger partial charge in [0.25, 0.3) is 0 Å². The van der Waals surface area contributed by atoms with Gasteiger partial charge in [-0.05, 0) is 12.1 Å². The maximum absolute atomic E-state index is 11.5. The first-order chi connectivity index (χ1) is 8.34. The average Bonchev–Trinajstić information content (AvgIpc) is 2.83. The lowest BCUT2D eigenvalue weighted by Gasteiger charge is -2.06. The predicted octanol–water partition coefficient (Wildman–Crippen LogP) is 2.51. The van der Waals surface area contributed by atoms with E-state index in [-0.39, 0.29) is 6.03 Å². The quantitative estimate of drug-likeness (QED) is 0.872. The molecule has 0 radical (unpaired) electrons. The maximum Gasteiger partial charge on any atom is 0.319 e. The van der Waals surface area contributed by atoms with Gasteiger partial charge in [0.1, 0.15) is 0 Å². The minimum Gasteiger partial charge on any atom is -0.337 e. The molecule has 1 heterocycles. The molecule has 88 valence electrons. The molecule has 1 aromatic carbocycles. The summed E-state index contributed by atoms with van der Waals surface area (Å²) < 4.78 is 0. The number of nitrogens with one attached hydrogen (secondary N) is 2. The molecule has 0 aliphatic carbocycles. The molecule has 1 aromatic heterocycles. The van der Waals surface area contributed by atoms with E-state index >= 15 is 0 Å². The van der Waals surface area contributed by atoms with E-state index in [2.05, 4.69) is 15.6 Å². The van der Waals surface area contributed by atoms with Crippen LogP contribution in [-0.2, 0) is 6.42 Å². The van der Waals surface area contributed by atoms with E-state index in [1.165, 1.54) is 0 Å². The number of carbonyl (C=O) groups excluding carboxylic acids is 1. The van der Waals surface area contributed by atoms with Crippen LogP contribution in [0.25, 0.3) is 0 Å². The van der Waals surface area contributed by atoms with Gasteiger partial charge < -0.3 is 10.6 Å². The molecular formula is C12H13N3OS. The standard InChI is InChI=1S/C12H13N3OS/c16-12(15-10-4-2-1-3-5-10)14-7-6-11-13-8-9-17-11/h1-5,8-9H,6-7H2,(H2,14,15,16). The van der Waals surface area contributed by atoms with Crippen molar-refractivity contribution >= 4 is 23.1 Å². The molecule has 2 rings (SSSR count). The first-order valence-electron chi connectivity index (χ1n) is 5.33. The SMILES string of the molecule is O=C(NCCc1nccs1)Nc1ccccc1. The number of para-hydroxylation sites is 1. The van der Waals surface area contributed by atoms with Crippen molar-refractivity contribution in [1.29, 1.82) is 0 Å². The van der Waals surface area contributed by atoms with Crippen LogP contribution in [0.3, 0.4) is 0 Å². The van der Waals surface area contributed by atoms with Gasteiger partial charge >= 0.3 is 6.03 Å². The van der Waals surface area contributed by atoms with Crippen LogP contribution >= 0.6 is 11.3 Å². The summed E-state index contributed by atoms with van der Waals surface area (Å²) >= 11 is 1.60. The molecule has 0 aliphatic heterocycles. The summed E-state index contributed by atoms with van der Waals surface area (Å²) in [5.41, 5.74) is 0.791. The second kappa shape index (κ2) is 6.00. The second-order valence-electron chi connectivity index (χ2n) is 3.42. The van der Waals surface area contributed by atoms with E-state index in [9.17, 15) is 4.79 Å². The van der Waals surface area contributed by atoms with E-state index < -0.39 is 0 Å². The molecule has 0 fully saturated rings. The molecule has 4 nitrogen and oxygen atoms in total. The largest absolute Gasteiger partial charge is 0.337 e. The average molecular weight is 247 g/mol. The van der Waals surface area contributed by atoms with Crippen LogP contribution in [0.5, 0.6) is 0 Å². The Morgan fingerprint density at radius 1 is 1.29 bits per heavy atom. The first-order valence-corrected chi connectivity index (χ1v) is 6.21. The lowest BCUT2D eigenvalue weighted by atomic mass is 10.3. The highest BCUT2D eigenvalue weighted by Gasteiger charge is 2.01. The Balaban J connectivity index is 1.71. The summed E-state index contributed by atoms with van der Waals surface area (Å²) in [5, 5.41) is 8.50. The Kier molecular flexibility index (Phi) is 4.10. The van der Waals surface area contributed by atoms with Gasteiger partial charge in [0.2, 0.25) is 0 Å². The highest BCUT2D eigenvalue weighted by atomic mass is 32.1. The van der Waals surface area contributed by atoms with Crippen LogP contribution in [0.2, 0.25) is 0 Å². The van der Waals surface area contributed by atoms with E-state index in [0.717, 1.165) is 17.1 Å². The van der Waals surface area contributed by atoms with Gasteiger partial charge in [-0.3, -0.25) is 0 Å². The fourth-order valence-electron chi connectivity index (χ4n) is 1.36. The Labute approximate surface area is 104 Å². The molecule has 0 unspecified atom stereocenters. The zero-order chi connectivity index (χ0) is 11.9. The summed E-state index contributed by atoms with van der Waals surface area (Å²) in [6.45, 7) is 0.589. The summed E-state index contributed by atoms with van der Waals surface area (Å²) in [4.78, 5) is 15.6. The van der Waals surface area contributed by atoms with E-state index in [1.54, 1.807) is 17.5 Å². The van der Waals surface area contributed by atoms with Gasteiger partial charge in [0.15, 0.2) is 0 Å². The van der Waals surface area contributed by atoms with Crippen molar-refractivity contribution in [3.63, 3.8) is 0 Å².